The largest absolute Gasteiger partial charge is 0.488 e. The van der Waals surface area contributed by atoms with Crippen LogP contribution in [0.4, 0.5) is 0 Å². The van der Waals surface area contributed by atoms with Crippen LogP contribution in [-0.2, 0) is 0 Å². The quantitative estimate of drug-likeness (QED) is 0.546. The molecule has 0 spiro atoms. The van der Waals surface area contributed by atoms with Crippen LogP contribution in [0.25, 0.3) is 0 Å². The molecule has 0 atom stereocenters. The molecule has 0 aromatic heterocycles. The van der Waals surface area contributed by atoms with Crippen molar-refractivity contribution in [3.05, 3.63) is 28.8 Å². The number of hydrogen-bond donors (Lipinski definition) is 3. The zero-order valence-corrected chi connectivity index (χ0v) is 12.5. The van der Waals surface area contributed by atoms with E-state index in [2.05, 4.69) is 31.1 Å². The van der Waals surface area contributed by atoms with Crippen LogP contribution < -0.4 is 5.46 Å². The van der Waals surface area contributed by atoms with Crippen LogP contribution in [0.15, 0.2) is 12.1 Å². The highest BCUT2D eigenvalue weighted by molar-refractivity contribution is 6.83. The molecule has 0 heterocycles. The molecule has 1 aromatic rings. The summed E-state index contributed by atoms with van der Waals surface area (Å²) >= 11 is 0. The molecule has 19 heavy (non-hydrogen) atoms. The van der Waals surface area contributed by atoms with Crippen LogP contribution >= 0.6 is 0 Å². The molecule has 0 radical (unpaired) electrons. The van der Waals surface area contributed by atoms with Crippen molar-refractivity contribution in [1.82, 2.24) is 0 Å². The second-order valence-corrected chi connectivity index (χ2v) is 10.2. The Morgan fingerprint density at radius 2 is 1.84 bits per heavy atom. The number of carboxylic acids is 1. The summed E-state index contributed by atoms with van der Waals surface area (Å²) in [4.78, 5) is 11.1. The van der Waals surface area contributed by atoms with Crippen LogP contribution in [0.1, 0.15) is 21.5 Å². The van der Waals surface area contributed by atoms with Crippen LogP contribution in [0.5, 0.6) is 0 Å². The molecule has 6 heteroatoms. The van der Waals surface area contributed by atoms with Gasteiger partial charge in [-0.2, -0.15) is 0 Å². The Morgan fingerprint density at radius 3 is 2.26 bits per heavy atom. The van der Waals surface area contributed by atoms with Gasteiger partial charge in [-0.15, -0.1) is 5.54 Å². The predicted molar refractivity (Wildman–Crippen MR) is 78.2 cm³/mol. The van der Waals surface area contributed by atoms with Crippen molar-refractivity contribution < 1.29 is 19.9 Å². The van der Waals surface area contributed by atoms with Gasteiger partial charge in [0, 0.05) is 5.56 Å². The van der Waals surface area contributed by atoms with E-state index in [4.69, 9.17) is 5.11 Å². The van der Waals surface area contributed by atoms with E-state index in [1.54, 1.807) is 6.92 Å². The molecule has 0 aliphatic carbocycles. The minimum atomic E-state index is -1.70. The van der Waals surface area contributed by atoms with Crippen molar-refractivity contribution in [3.63, 3.8) is 0 Å². The first-order valence-electron chi connectivity index (χ1n) is 5.89. The van der Waals surface area contributed by atoms with Gasteiger partial charge in [-0.1, -0.05) is 25.6 Å². The van der Waals surface area contributed by atoms with E-state index in [0.717, 1.165) is 0 Å². The highest BCUT2D eigenvalue weighted by Crippen LogP contribution is 2.12. The molecular weight excluding hydrogens is 259 g/mol. The first kappa shape index (κ1) is 15.5. The summed E-state index contributed by atoms with van der Waals surface area (Å²) in [5.41, 5.74) is 4.41. The SMILES string of the molecule is Cc1c(C#C[Si](C)(C)C)cc(B(O)O)cc1C(=O)O. The fourth-order valence-corrected chi connectivity index (χ4v) is 2.00. The number of hydrogen-bond acceptors (Lipinski definition) is 3. The van der Waals surface area contributed by atoms with Crippen LogP contribution in [0, 0.1) is 18.4 Å². The van der Waals surface area contributed by atoms with Crippen LogP contribution in [0.3, 0.4) is 0 Å². The first-order chi connectivity index (χ1) is 8.61. The van der Waals surface area contributed by atoms with Crippen molar-refractivity contribution in [2.24, 2.45) is 0 Å². The summed E-state index contributed by atoms with van der Waals surface area (Å²) in [6.07, 6.45) is 0. The lowest BCUT2D eigenvalue weighted by Crippen LogP contribution is -2.31. The number of benzene rings is 1. The van der Waals surface area contributed by atoms with Crippen molar-refractivity contribution in [2.75, 3.05) is 0 Å². The van der Waals surface area contributed by atoms with Crippen molar-refractivity contribution in [1.29, 1.82) is 0 Å². The maximum Gasteiger partial charge on any atom is 0.488 e. The molecule has 1 aromatic carbocycles. The summed E-state index contributed by atoms with van der Waals surface area (Å²) in [7, 11) is -3.29. The van der Waals surface area contributed by atoms with Gasteiger partial charge in [0.1, 0.15) is 8.07 Å². The third kappa shape index (κ3) is 4.24. The standard InChI is InChI=1S/C13H17BO4Si/c1-9-10(5-6-19(2,3)4)7-11(14(17)18)8-12(9)13(15)16/h7-8,17-18H,1-4H3,(H,15,16). The van der Waals surface area contributed by atoms with Gasteiger partial charge in [-0.05, 0) is 30.1 Å². The van der Waals surface area contributed by atoms with E-state index in [1.165, 1.54) is 12.1 Å². The third-order valence-electron chi connectivity index (χ3n) is 2.53. The second kappa shape index (κ2) is 5.61. The molecule has 0 bridgehead atoms. The second-order valence-electron chi connectivity index (χ2n) is 5.42. The van der Waals surface area contributed by atoms with E-state index < -0.39 is 21.2 Å². The maximum atomic E-state index is 11.1. The van der Waals surface area contributed by atoms with Gasteiger partial charge in [-0.3, -0.25) is 0 Å². The number of rotatable bonds is 2. The fraction of sp³-hybridized carbons (Fsp3) is 0.308. The zero-order chi connectivity index (χ0) is 14.8. The Morgan fingerprint density at radius 1 is 1.26 bits per heavy atom. The zero-order valence-electron chi connectivity index (χ0n) is 11.5. The van der Waals surface area contributed by atoms with E-state index in [0.29, 0.717) is 11.1 Å². The highest BCUT2D eigenvalue weighted by atomic mass is 28.3. The average molecular weight is 276 g/mol. The van der Waals surface area contributed by atoms with Crippen molar-refractivity contribution in [2.45, 2.75) is 26.6 Å². The number of carboxylic acid groups (broad SMARTS) is 1. The number of carbonyl (C=O) groups is 1. The summed E-state index contributed by atoms with van der Waals surface area (Å²) in [6, 6.07) is 2.79. The minimum Gasteiger partial charge on any atom is -0.478 e. The van der Waals surface area contributed by atoms with Crippen molar-refractivity contribution >= 4 is 26.6 Å². The monoisotopic (exact) mass is 276 g/mol. The fourth-order valence-electron chi connectivity index (χ4n) is 1.49. The molecule has 4 nitrogen and oxygen atoms in total. The summed E-state index contributed by atoms with van der Waals surface area (Å²) < 4.78 is 0. The molecule has 0 unspecified atom stereocenters. The lowest BCUT2D eigenvalue weighted by atomic mass is 9.77. The molecule has 1 rings (SSSR count). The summed E-state index contributed by atoms with van der Waals surface area (Å²) in [5, 5.41) is 27.5. The van der Waals surface area contributed by atoms with E-state index in [-0.39, 0.29) is 11.0 Å². The third-order valence-corrected chi connectivity index (χ3v) is 3.41. The minimum absolute atomic E-state index is 0.0467. The van der Waals surface area contributed by atoms with Gasteiger partial charge in [0.2, 0.25) is 0 Å². The molecule has 0 saturated carbocycles. The number of aromatic carboxylic acids is 1. The molecule has 3 N–H and O–H groups in total. The van der Waals surface area contributed by atoms with E-state index in [9.17, 15) is 14.8 Å². The van der Waals surface area contributed by atoms with E-state index >= 15 is 0 Å². The molecular formula is C13H17BO4Si. The molecule has 0 aliphatic heterocycles. The van der Waals surface area contributed by atoms with Gasteiger partial charge in [0.05, 0.1) is 5.56 Å². The summed E-state index contributed by atoms with van der Waals surface area (Å²) in [6.45, 7) is 7.92. The van der Waals surface area contributed by atoms with Gasteiger partial charge in [0.15, 0.2) is 0 Å². The normalized spacial score (nSPS) is 10.6. The Bertz CT molecular complexity index is 564. The molecule has 100 valence electrons. The smallest absolute Gasteiger partial charge is 0.478 e. The Kier molecular flexibility index (Phi) is 4.58. The Hall–Kier alpha value is -1.55. The first-order valence-corrected chi connectivity index (χ1v) is 9.39. The van der Waals surface area contributed by atoms with Crippen LogP contribution in [0.2, 0.25) is 19.6 Å². The molecule has 0 aliphatic rings. The van der Waals surface area contributed by atoms with Gasteiger partial charge in [0.25, 0.3) is 0 Å². The molecule has 0 saturated heterocycles. The van der Waals surface area contributed by atoms with Gasteiger partial charge >= 0.3 is 13.1 Å². The average Bonchev–Trinajstić information content (AvgIpc) is 2.25. The van der Waals surface area contributed by atoms with E-state index in [1.807, 2.05) is 0 Å². The lowest BCUT2D eigenvalue weighted by Gasteiger charge is -2.09. The Labute approximate surface area is 114 Å². The van der Waals surface area contributed by atoms with Gasteiger partial charge < -0.3 is 15.2 Å². The van der Waals surface area contributed by atoms with Crippen molar-refractivity contribution in [3.8, 4) is 11.5 Å². The van der Waals surface area contributed by atoms with Crippen LogP contribution in [-0.4, -0.2) is 36.3 Å². The molecule has 0 amide bonds. The van der Waals surface area contributed by atoms with Gasteiger partial charge in [-0.25, -0.2) is 4.79 Å². The predicted octanol–water partition coefficient (Wildman–Crippen LogP) is 0.602. The maximum absolute atomic E-state index is 11.1. The summed E-state index contributed by atoms with van der Waals surface area (Å²) in [5.74, 6) is 1.87. The topological polar surface area (TPSA) is 77.8 Å². The highest BCUT2D eigenvalue weighted by Gasteiger charge is 2.18. The Balaban J connectivity index is 3.45. The lowest BCUT2D eigenvalue weighted by molar-refractivity contribution is 0.0696. The molecule has 0 fully saturated rings.